The summed E-state index contributed by atoms with van der Waals surface area (Å²) < 4.78 is 16.1. The maximum Gasteiger partial charge on any atom is 0.410 e. The zero-order valence-corrected chi connectivity index (χ0v) is 18.8. The number of ether oxygens (including phenoxy) is 3. The molecule has 1 aliphatic heterocycles. The van der Waals surface area contributed by atoms with Crippen LogP contribution in [0.2, 0.25) is 0 Å². The topological polar surface area (TPSA) is 65.1 Å². The van der Waals surface area contributed by atoms with Gasteiger partial charge in [0.25, 0.3) is 0 Å². The van der Waals surface area contributed by atoms with Gasteiger partial charge in [0, 0.05) is 11.1 Å². The molecule has 2 aromatic rings. The van der Waals surface area contributed by atoms with E-state index >= 15 is 0 Å². The Morgan fingerprint density at radius 3 is 1.59 bits per heavy atom. The summed E-state index contributed by atoms with van der Waals surface area (Å²) >= 11 is 0. The fourth-order valence-electron chi connectivity index (χ4n) is 3.44. The maximum absolute atomic E-state index is 13.2. The molecular weight excluding hydrogens is 406 g/mol. The zero-order chi connectivity index (χ0) is 22.9. The molecule has 0 saturated carbocycles. The van der Waals surface area contributed by atoms with E-state index in [1.807, 2.05) is 74.5 Å². The molecule has 0 radical (unpaired) electrons. The van der Waals surface area contributed by atoms with Crippen molar-refractivity contribution >= 4 is 24.0 Å². The van der Waals surface area contributed by atoms with Crippen molar-refractivity contribution < 1.29 is 23.8 Å². The highest BCUT2D eigenvalue weighted by Gasteiger charge is 2.29. The third-order valence-corrected chi connectivity index (χ3v) is 4.90. The summed E-state index contributed by atoms with van der Waals surface area (Å²) in [6, 6.07) is 15.0. The fraction of sp³-hybridized carbons (Fsp3) is 0.308. The van der Waals surface area contributed by atoms with Gasteiger partial charge in [0.1, 0.15) is 11.5 Å². The normalized spacial score (nSPS) is 16.3. The second-order valence-electron chi connectivity index (χ2n) is 7.23. The minimum absolute atomic E-state index is 0.0756. The molecule has 32 heavy (non-hydrogen) atoms. The van der Waals surface area contributed by atoms with Crippen molar-refractivity contribution in [3.8, 4) is 11.5 Å². The Labute approximate surface area is 189 Å². The average molecular weight is 436 g/mol. The highest BCUT2D eigenvalue weighted by molar-refractivity contribution is 6.15. The number of Topliss-reactive ketones (excluding diaryl/α,β-unsaturated/α-hetero) is 1. The standard InChI is InChI=1S/C26H29NO5/c1-4-30-23-11-7-19(8-12-23)15-21-17-27(26(29)32-6-3)18-22(25(21)28)16-20-9-13-24(14-10-20)31-5-2/h7-16H,4-6,17-18H2,1-3H3/b21-15+,22-16+. The van der Waals surface area contributed by atoms with Gasteiger partial charge >= 0.3 is 6.09 Å². The van der Waals surface area contributed by atoms with E-state index in [0.29, 0.717) is 24.4 Å². The lowest BCUT2D eigenvalue weighted by Crippen LogP contribution is -2.41. The van der Waals surface area contributed by atoms with Crippen LogP contribution in [-0.2, 0) is 9.53 Å². The smallest absolute Gasteiger partial charge is 0.410 e. The summed E-state index contributed by atoms with van der Waals surface area (Å²) in [5.74, 6) is 1.47. The number of nitrogens with zero attached hydrogens (tertiary/aromatic N) is 1. The molecule has 0 aliphatic carbocycles. The molecule has 1 amide bonds. The van der Waals surface area contributed by atoms with Gasteiger partial charge in [-0.15, -0.1) is 0 Å². The molecular formula is C26H29NO5. The van der Waals surface area contributed by atoms with Crippen LogP contribution in [0.3, 0.4) is 0 Å². The molecule has 1 aliphatic rings. The molecule has 2 aromatic carbocycles. The number of likely N-dealkylation sites (tertiary alicyclic amines) is 1. The van der Waals surface area contributed by atoms with Gasteiger partial charge in [0.2, 0.25) is 0 Å². The number of carbonyl (C=O) groups excluding carboxylic acids is 2. The van der Waals surface area contributed by atoms with Crippen molar-refractivity contribution in [1.29, 1.82) is 0 Å². The van der Waals surface area contributed by atoms with Gasteiger partial charge in [-0.05, 0) is 68.3 Å². The van der Waals surface area contributed by atoms with Crippen molar-refractivity contribution in [3.63, 3.8) is 0 Å². The van der Waals surface area contributed by atoms with Crippen molar-refractivity contribution in [2.75, 3.05) is 32.9 Å². The van der Waals surface area contributed by atoms with Gasteiger partial charge in [0.15, 0.2) is 5.78 Å². The maximum atomic E-state index is 13.2. The summed E-state index contributed by atoms with van der Waals surface area (Å²) in [5.41, 5.74) is 2.79. The lowest BCUT2D eigenvalue weighted by molar-refractivity contribution is -0.113. The Bertz CT molecular complexity index is 918. The van der Waals surface area contributed by atoms with Gasteiger partial charge in [0.05, 0.1) is 32.9 Å². The predicted molar refractivity (Wildman–Crippen MR) is 125 cm³/mol. The molecule has 6 nitrogen and oxygen atoms in total. The molecule has 0 N–H and O–H groups in total. The monoisotopic (exact) mass is 435 g/mol. The molecule has 0 unspecified atom stereocenters. The number of amides is 1. The van der Waals surface area contributed by atoms with E-state index in [1.54, 1.807) is 11.8 Å². The van der Waals surface area contributed by atoms with Crippen molar-refractivity contribution in [3.05, 3.63) is 70.8 Å². The van der Waals surface area contributed by atoms with Crippen LogP contribution in [0.5, 0.6) is 11.5 Å². The summed E-state index contributed by atoms with van der Waals surface area (Å²) in [6.45, 7) is 7.48. The molecule has 0 aromatic heterocycles. The summed E-state index contributed by atoms with van der Waals surface area (Å²) in [4.78, 5) is 27.2. The first-order valence-corrected chi connectivity index (χ1v) is 10.9. The molecule has 0 atom stereocenters. The second-order valence-corrected chi connectivity index (χ2v) is 7.23. The Balaban J connectivity index is 1.90. The minimum atomic E-state index is -0.435. The van der Waals surface area contributed by atoms with Gasteiger partial charge in [-0.2, -0.15) is 0 Å². The number of hydrogen-bond donors (Lipinski definition) is 0. The number of ketones is 1. The number of benzene rings is 2. The summed E-state index contributed by atoms with van der Waals surface area (Å²) in [5, 5.41) is 0. The molecule has 6 heteroatoms. The number of hydrogen-bond acceptors (Lipinski definition) is 5. The Morgan fingerprint density at radius 1 is 0.781 bits per heavy atom. The second kappa shape index (κ2) is 11.2. The first-order chi connectivity index (χ1) is 15.5. The highest BCUT2D eigenvalue weighted by atomic mass is 16.6. The molecule has 3 rings (SSSR count). The quantitative estimate of drug-likeness (QED) is 0.573. The van der Waals surface area contributed by atoms with E-state index in [9.17, 15) is 9.59 Å². The Kier molecular flexibility index (Phi) is 8.08. The predicted octanol–water partition coefficient (Wildman–Crippen LogP) is 4.99. The van der Waals surface area contributed by atoms with Crippen LogP contribution >= 0.6 is 0 Å². The first-order valence-electron chi connectivity index (χ1n) is 10.9. The highest BCUT2D eigenvalue weighted by Crippen LogP contribution is 2.24. The lowest BCUT2D eigenvalue weighted by atomic mass is 9.94. The van der Waals surface area contributed by atoms with Crippen LogP contribution in [0.25, 0.3) is 12.2 Å². The van der Waals surface area contributed by atoms with Crippen LogP contribution in [-0.4, -0.2) is 49.7 Å². The Hall–Kier alpha value is -3.54. The van der Waals surface area contributed by atoms with E-state index in [2.05, 4.69) is 0 Å². The van der Waals surface area contributed by atoms with Crippen LogP contribution in [0.15, 0.2) is 59.7 Å². The summed E-state index contributed by atoms with van der Waals surface area (Å²) in [6.07, 6.45) is 3.19. The number of rotatable bonds is 7. The van der Waals surface area contributed by atoms with E-state index in [4.69, 9.17) is 14.2 Å². The average Bonchev–Trinajstić information content (AvgIpc) is 2.79. The largest absolute Gasteiger partial charge is 0.494 e. The Morgan fingerprint density at radius 2 is 1.22 bits per heavy atom. The van der Waals surface area contributed by atoms with Gasteiger partial charge in [-0.1, -0.05) is 24.3 Å². The van der Waals surface area contributed by atoms with Gasteiger partial charge in [-0.25, -0.2) is 4.79 Å². The third-order valence-electron chi connectivity index (χ3n) is 4.90. The SMILES string of the molecule is CCOC(=O)N1C/C(=C\c2ccc(OCC)cc2)C(=O)/C(=C/c2ccc(OCC)cc2)C1. The molecule has 168 valence electrons. The first kappa shape index (κ1) is 23.1. The van der Waals surface area contributed by atoms with E-state index in [1.165, 1.54) is 0 Å². The van der Waals surface area contributed by atoms with Crippen LogP contribution in [0.1, 0.15) is 31.9 Å². The van der Waals surface area contributed by atoms with Crippen LogP contribution in [0.4, 0.5) is 4.79 Å². The molecule has 1 saturated heterocycles. The van der Waals surface area contributed by atoms with Gasteiger partial charge in [-0.3, -0.25) is 9.69 Å². The van der Waals surface area contributed by atoms with Crippen molar-refractivity contribution in [1.82, 2.24) is 4.90 Å². The van der Waals surface area contributed by atoms with Crippen molar-refractivity contribution in [2.24, 2.45) is 0 Å². The van der Waals surface area contributed by atoms with Crippen molar-refractivity contribution in [2.45, 2.75) is 20.8 Å². The fourth-order valence-corrected chi connectivity index (χ4v) is 3.44. The van der Waals surface area contributed by atoms with E-state index < -0.39 is 6.09 Å². The van der Waals surface area contributed by atoms with Crippen LogP contribution in [0, 0.1) is 0 Å². The van der Waals surface area contributed by atoms with E-state index in [0.717, 1.165) is 22.6 Å². The lowest BCUT2D eigenvalue weighted by Gasteiger charge is -2.29. The molecule has 1 heterocycles. The zero-order valence-electron chi connectivity index (χ0n) is 18.8. The third kappa shape index (κ3) is 6.00. The summed E-state index contributed by atoms with van der Waals surface area (Å²) in [7, 11) is 0. The van der Waals surface area contributed by atoms with Crippen LogP contribution < -0.4 is 9.47 Å². The molecule has 0 spiro atoms. The minimum Gasteiger partial charge on any atom is -0.494 e. The van der Waals surface area contributed by atoms with E-state index in [-0.39, 0.29) is 25.5 Å². The number of carbonyl (C=O) groups is 2. The number of piperidine rings is 1. The van der Waals surface area contributed by atoms with Gasteiger partial charge < -0.3 is 14.2 Å². The molecule has 0 bridgehead atoms. The molecule has 1 fully saturated rings.